The molecule has 0 spiro atoms. The molecule has 2 atom stereocenters. The van der Waals surface area contributed by atoms with Crippen LogP contribution in [0, 0.1) is 6.92 Å². The smallest absolute Gasteiger partial charge is 0.253 e. The lowest BCUT2D eigenvalue weighted by atomic mass is 9.96. The summed E-state index contributed by atoms with van der Waals surface area (Å²) in [5.74, 6) is 0.768. The maximum atomic E-state index is 12.8. The summed E-state index contributed by atoms with van der Waals surface area (Å²) in [6.45, 7) is 2.63. The Hall–Kier alpha value is -2.73. The summed E-state index contributed by atoms with van der Waals surface area (Å²) in [6.07, 6.45) is 8.82. The van der Waals surface area contributed by atoms with Crippen LogP contribution in [0.4, 0.5) is 0 Å². The highest BCUT2D eigenvalue weighted by atomic mass is 16.5. The largest absolute Gasteiger partial charge is 0.371 e. The molecular formula is C19H20N4O2. The average Bonchev–Trinajstić information content (AvgIpc) is 3.03. The second-order valence-corrected chi connectivity index (χ2v) is 6.31. The van der Waals surface area contributed by atoms with Crippen molar-refractivity contribution in [3.8, 4) is 0 Å². The highest BCUT2D eigenvalue weighted by molar-refractivity contribution is 5.94. The summed E-state index contributed by atoms with van der Waals surface area (Å²) < 4.78 is 7.86. The number of ether oxygens (including phenoxy) is 1. The van der Waals surface area contributed by atoms with Gasteiger partial charge in [-0.15, -0.1) is 0 Å². The van der Waals surface area contributed by atoms with Gasteiger partial charge in [-0.1, -0.05) is 0 Å². The van der Waals surface area contributed by atoms with Crippen molar-refractivity contribution in [2.75, 3.05) is 6.61 Å². The number of hydrogen-bond donors (Lipinski definition) is 1. The molecule has 1 saturated heterocycles. The minimum Gasteiger partial charge on any atom is -0.371 e. The zero-order valence-electron chi connectivity index (χ0n) is 14.1. The Morgan fingerprint density at radius 2 is 2.12 bits per heavy atom. The Bertz CT molecular complexity index is 891. The van der Waals surface area contributed by atoms with Crippen molar-refractivity contribution in [3.63, 3.8) is 0 Å². The van der Waals surface area contributed by atoms with E-state index in [0.717, 1.165) is 29.7 Å². The number of imidazole rings is 1. The zero-order valence-corrected chi connectivity index (χ0v) is 14.1. The lowest BCUT2D eigenvalue weighted by molar-refractivity contribution is -0.00950. The molecule has 1 amide bonds. The lowest BCUT2D eigenvalue weighted by Gasteiger charge is -2.32. The van der Waals surface area contributed by atoms with Gasteiger partial charge in [0, 0.05) is 25.2 Å². The first-order valence-corrected chi connectivity index (χ1v) is 8.48. The molecule has 4 rings (SSSR count). The van der Waals surface area contributed by atoms with Crippen molar-refractivity contribution < 1.29 is 9.53 Å². The zero-order chi connectivity index (χ0) is 17.2. The van der Waals surface area contributed by atoms with Gasteiger partial charge in [0.2, 0.25) is 0 Å². The van der Waals surface area contributed by atoms with Crippen molar-refractivity contribution >= 4 is 11.4 Å². The van der Waals surface area contributed by atoms with E-state index in [2.05, 4.69) is 15.3 Å². The summed E-state index contributed by atoms with van der Waals surface area (Å²) in [7, 11) is 0. The van der Waals surface area contributed by atoms with Crippen LogP contribution in [0.15, 0.2) is 49.1 Å². The van der Waals surface area contributed by atoms with E-state index < -0.39 is 0 Å². The number of rotatable bonds is 3. The van der Waals surface area contributed by atoms with Crippen LogP contribution in [0.1, 0.15) is 40.7 Å². The van der Waals surface area contributed by atoms with Crippen LogP contribution < -0.4 is 5.32 Å². The topological polar surface area (TPSA) is 68.5 Å². The van der Waals surface area contributed by atoms with Crippen molar-refractivity contribution in [2.45, 2.75) is 31.9 Å². The van der Waals surface area contributed by atoms with Crippen LogP contribution in [0.2, 0.25) is 0 Å². The second-order valence-electron chi connectivity index (χ2n) is 6.31. The van der Waals surface area contributed by atoms with E-state index in [0.29, 0.717) is 12.2 Å². The highest BCUT2D eigenvalue weighted by Crippen LogP contribution is 2.28. The van der Waals surface area contributed by atoms with E-state index in [-0.39, 0.29) is 18.1 Å². The van der Waals surface area contributed by atoms with Crippen LogP contribution in [-0.2, 0) is 4.74 Å². The molecule has 4 heterocycles. The van der Waals surface area contributed by atoms with Crippen LogP contribution in [0.3, 0.4) is 0 Å². The predicted molar refractivity (Wildman–Crippen MR) is 93.3 cm³/mol. The standard InChI is InChI=1S/C19H20N4O2/c1-13-21-11-16-5-4-15(12-23(13)16)19(24)22-17-3-2-10-25-18(17)14-6-8-20-9-7-14/h4-9,11-12,17-18H,2-3,10H2,1H3,(H,22,24)/t17-,18+/m0/s1. The van der Waals surface area contributed by atoms with E-state index in [1.54, 1.807) is 18.6 Å². The van der Waals surface area contributed by atoms with E-state index >= 15 is 0 Å². The lowest BCUT2D eigenvalue weighted by Crippen LogP contribution is -2.42. The third kappa shape index (κ3) is 3.13. The highest BCUT2D eigenvalue weighted by Gasteiger charge is 2.29. The minimum atomic E-state index is -0.139. The van der Waals surface area contributed by atoms with Gasteiger partial charge in [-0.25, -0.2) is 4.98 Å². The number of hydrogen-bond acceptors (Lipinski definition) is 4. The molecule has 0 radical (unpaired) electrons. The summed E-state index contributed by atoms with van der Waals surface area (Å²) in [6, 6.07) is 7.57. The van der Waals surface area contributed by atoms with E-state index in [1.807, 2.05) is 41.8 Å². The number of carbonyl (C=O) groups is 1. The summed E-state index contributed by atoms with van der Waals surface area (Å²) in [5.41, 5.74) is 2.64. The Morgan fingerprint density at radius 3 is 2.96 bits per heavy atom. The summed E-state index contributed by atoms with van der Waals surface area (Å²) >= 11 is 0. The number of nitrogens with zero attached hydrogens (tertiary/aromatic N) is 3. The summed E-state index contributed by atoms with van der Waals surface area (Å²) in [5, 5.41) is 3.14. The van der Waals surface area contributed by atoms with Gasteiger partial charge in [0.15, 0.2) is 0 Å². The molecular weight excluding hydrogens is 316 g/mol. The van der Waals surface area contributed by atoms with Gasteiger partial charge in [-0.05, 0) is 49.6 Å². The Kier molecular flexibility index (Phi) is 4.19. The molecule has 0 saturated carbocycles. The van der Waals surface area contributed by atoms with Gasteiger partial charge in [0.25, 0.3) is 5.91 Å². The van der Waals surface area contributed by atoms with Crippen molar-refractivity contribution in [1.29, 1.82) is 0 Å². The number of aryl methyl sites for hydroxylation is 1. The number of aromatic nitrogens is 3. The molecule has 128 valence electrons. The molecule has 1 aliphatic rings. The number of fused-ring (bicyclic) bond motifs is 1. The molecule has 3 aromatic heterocycles. The third-order valence-corrected chi connectivity index (χ3v) is 4.65. The number of carbonyl (C=O) groups excluding carboxylic acids is 1. The van der Waals surface area contributed by atoms with Crippen molar-refractivity contribution in [1.82, 2.24) is 19.7 Å². The Balaban J connectivity index is 1.56. The maximum Gasteiger partial charge on any atom is 0.253 e. The Labute approximate surface area is 145 Å². The molecule has 1 aliphatic heterocycles. The molecule has 6 heteroatoms. The van der Waals surface area contributed by atoms with Gasteiger partial charge in [0.05, 0.1) is 23.3 Å². The minimum absolute atomic E-state index is 0.0526. The molecule has 25 heavy (non-hydrogen) atoms. The van der Waals surface area contributed by atoms with Crippen LogP contribution in [0.5, 0.6) is 0 Å². The van der Waals surface area contributed by atoms with E-state index in [9.17, 15) is 4.79 Å². The van der Waals surface area contributed by atoms with Gasteiger partial charge >= 0.3 is 0 Å². The van der Waals surface area contributed by atoms with E-state index in [4.69, 9.17) is 4.74 Å². The monoisotopic (exact) mass is 336 g/mol. The number of nitrogens with one attached hydrogen (secondary N) is 1. The third-order valence-electron chi connectivity index (χ3n) is 4.65. The van der Waals surface area contributed by atoms with Crippen molar-refractivity contribution in [2.24, 2.45) is 0 Å². The molecule has 3 aromatic rings. The van der Waals surface area contributed by atoms with Crippen molar-refractivity contribution in [3.05, 3.63) is 66.0 Å². The van der Waals surface area contributed by atoms with Gasteiger partial charge in [0.1, 0.15) is 11.9 Å². The fourth-order valence-corrected chi connectivity index (χ4v) is 3.32. The van der Waals surface area contributed by atoms with Gasteiger partial charge in [-0.2, -0.15) is 0 Å². The first kappa shape index (κ1) is 15.8. The molecule has 0 aliphatic carbocycles. The maximum absolute atomic E-state index is 12.8. The van der Waals surface area contributed by atoms with E-state index in [1.165, 1.54) is 0 Å². The molecule has 0 unspecified atom stereocenters. The quantitative estimate of drug-likeness (QED) is 0.798. The first-order chi connectivity index (χ1) is 12.2. The fraction of sp³-hybridized carbons (Fsp3) is 0.316. The molecule has 1 fully saturated rings. The van der Waals surface area contributed by atoms with Crippen LogP contribution >= 0.6 is 0 Å². The average molecular weight is 336 g/mol. The second kappa shape index (κ2) is 6.64. The van der Waals surface area contributed by atoms with Crippen LogP contribution in [0.25, 0.3) is 5.52 Å². The molecule has 0 aromatic carbocycles. The number of pyridine rings is 2. The SMILES string of the molecule is Cc1ncc2ccc(C(=O)N[C@H]3CCCO[C@@H]3c3ccncc3)cn12. The van der Waals surface area contributed by atoms with Gasteiger partial charge in [-0.3, -0.25) is 9.78 Å². The van der Waals surface area contributed by atoms with Gasteiger partial charge < -0.3 is 14.5 Å². The fourth-order valence-electron chi connectivity index (χ4n) is 3.32. The molecule has 1 N–H and O–H groups in total. The molecule has 6 nitrogen and oxygen atoms in total. The van der Waals surface area contributed by atoms with Crippen LogP contribution in [-0.4, -0.2) is 32.9 Å². The normalized spacial score (nSPS) is 20.5. The predicted octanol–water partition coefficient (Wildman–Crippen LogP) is 2.69. The first-order valence-electron chi connectivity index (χ1n) is 8.48. The molecule has 0 bridgehead atoms. The number of amides is 1. The summed E-state index contributed by atoms with van der Waals surface area (Å²) in [4.78, 5) is 21.1. The Morgan fingerprint density at radius 1 is 1.28 bits per heavy atom.